The lowest BCUT2D eigenvalue weighted by atomic mass is 10.0. The second-order valence-electron chi connectivity index (χ2n) is 5.45. The molecule has 4 nitrogen and oxygen atoms in total. The van der Waals surface area contributed by atoms with Crippen molar-refractivity contribution >= 4 is 12.0 Å². The SMILES string of the molecule is COc1ccc(C)cc1/C=C/C(=O)N(C)C(C)(C)CO. The molecule has 0 bridgehead atoms. The molecule has 0 unspecified atom stereocenters. The van der Waals surface area contributed by atoms with Gasteiger partial charge < -0.3 is 14.7 Å². The number of carbonyl (C=O) groups is 1. The summed E-state index contributed by atoms with van der Waals surface area (Å²) in [5, 5.41) is 9.28. The number of aryl methyl sites for hydroxylation is 1. The molecule has 0 aromatic heterocycles. The summed E-state index contributed by atoms with van der Waals surface area (Å²) < 4.78 is 5.27. The van der Waals surface area contributed by atoms with Crippen molar-refractivity contribution in [3.8, 4) is 5.75 Å². The van der Waals surface area contributed by atoms with Gasteiger partial charge in [-0.15, -0.1) is 0 Å². The lowest BCUT2D eigenvalue weighted by molar-refractivity contribution is -0.130. The Morgan fingerprint density at radius 1 is 1.45 bits per heavy atom. The summed E-state index contributed by atoms with van der Waals surface area (Å²) >= 11 is 0. The van der Waals surface area contributed by atoms with Crippen LogP contribution in [0.25, 0.3) is 6.08 Å². The van der Waals surface area contributed by atoms with E-state index in [0.717, 1.165) is 16.9 Å². The number of nitrogens with zero attached hydrogens (tertiary/aromatic N) is 1. The molecule has 1 aromatic carbocycles. The summed E-state index contributed by atoms with van der Waals surface area (Å²) in [7, 11) is 3.28. The molecule has 1 N–H and O–H groups in total. The van der Waals surface area contributed by atoms with Gasteiger partial charge in [0.2, 0.25) is 5.91 Å². The molecule has 0 aliphatic rings. The topological polar surface area (TPSA) is 49.8 Å². The Labute approximate surface area is 120 Å². The summed E-state index contributed by atoms with van der Waals surface area (Å²) in [6, 6.07) is 5.79. The first kappa shape index (κ1) is 16.2. The zero-order valence-electron chi connectivity index (χ0n) is 12.8. The highest BCUT2D eigenvalue weighted by molar-refractivity contribution is 5.92. The lowest BCUT2D eigenvalue weighted by Crippen LogP contribution is -2.47. The average Bonchev–Trinajstić information content (AvgIpc) is 2.43. The highest BCUT2D eigenvalue weighted by atomic mass is 16.5. The van der Waals surface area contributed by atoms with E-state index in [-0.39, 0.29) is 12.5 Å². The molecule has 0 fully saturated rings. The Hall–Kier alpha value is -1.81. The number of rotatable bonds is 5. The fraction of sp³-hybridized carbons (Fsp3) is 0.438. The van der Waals surface area contributed by atoms with E-state index in [2.05, 4.69) is 0 Å². The maximum absolute atomic E-state index is 12.1. The van der Waals surface area contributed by atoms with Crippen LogP contribution in [-0.2, 0) is 4.79 Å². The van der Waals surface area contributed by atoms with Crippen molar-refractivity contribution < 1.29 is 14.6 Å². The van der Waals surface area contributed by atoms with Crippen LogP contribution in [0.4, 0.5) is 0 Å². The molecule has 0 aliphatic heterocycles. The van der Waals surface area contributed by atoms with Crippen molar-refractivity contribution in [3.05, 3.63) is 35.4 Å². The number of likely N-dealkylation sites (N-methyl/N-ethyl adjacent to an activating group) is 1. The van der Waals surface area contributed by atoms with Gasteiger partial charge in [-0.1, -0.05) is 11.6 Å². The van der Waals surface area contributed by atoms with Crippen molar-refractivity contribution in [1.29, 1.82) is 0 Å². The number of methoxy groups -OCH3 is 1. The van der Waals surface area contributed by atoms with Crippen LogP contribution in [0.1, 0.15) is 25.0 Å². The van der Waals surface area contributed by atoms with Gasteiger partial charge in [-0.25, -0.2) is 0 Å². The Bertz CT molecular complexity index is 506. The highest BCUT2D eigenvalue weighted by Crippen LogP contribution is 2.21. The van der Waals surface area contributed by atoms with E-state index in [1.54, 1.807) is 20.2 Å². The summed E-state index contributed by atoms with van der Waals surface area (Å²) in [6.45, 7) is 5.52. The minimum Gasteiger partial charge on any atom is -0.496 e. The Morgan fingerprint density at radius 2 is 2.10 bits per heavy atom. The largest absolute Gasteiger partial charge is 0.496 e. The minimum atomic E-state index is -0.585. The molecule has 20 heavy (non-hydrogen) atoms. The molecule has 1 aromatic rings. The normalized spacial score (nSPS) is 11.7. The summed E-state index contributed by atoms with van der Waals surface area (Å²) in [5.41, 5.74) is 1.37. The molecule has 0 spiro atoms. The number of hydrogen-bond donors (Lipinski definition) is 1. The monoisotopic (exact) mass is 277 g/mol. The molecular formula is C16H23NO3. The average molecular weight is 277 g/mol. The second-order valence-corrected chi connectivity index (χ2v) is 5.45. The van der Waals surface area contributed by atoms with Crippen LogP contribution in [0.2, 0.25) is 0 Å². The van der Waals surface area contributed by atoms with E-state index >= 15 is 0 Å². The van der Waals surface area contributed by atoms with Crippen molar-refractivity contribution in [1.82, 2.24) is 4.90 Å². The van der Waals surface area contributed by atoms with Gasteiger partial charge in [0.15, 0.2) is 0 Å². The number of benzene rings is 1. The molecule has 0 radical (unpaired) electrons. The molecule has 110 valence electrons. The third-order valence-corrected chi connectivity index (χ3v) is 3.42. The Balaban J connectivity index is 2.93. The van der Waals surface area contributed by atoms with Crippen LogP contribution >= 0.6 is 0 Å². The molecule has 0 atom stereocenters. The van der Waals surface area contributed by atoms with E-state index in [0.29, 0.717) is 0 Å². The van der Waals surface area contributed by atoms with Gasteiger partial charge >= 0.3 is 0 Å². The first-order valence-corrected chi connectivity index (χ1v) is 6.53. The lowest BCUT2D eigenvalue weighted by Gasteiger charge is -2.33. The van der Waals surface area contributed by atoms with Gasteiger partial charge in [-0.2, -0.15) is 0 Å². The maximum atomic E-state index is 12.1. The van der Waals surface area contributed by atoms with Gasteiger partial charge in [0.25, 0.3) is 0 Å². The number of aliphatic hydroxyl groups is 1. The molecule has 0 aliphatic carbocycles. The van der Waals surface area contributed by atoms with E-state index in [4.69, 9.17) is 4.74 Å². The minimum absolute atomic E-state index is 0.0865. The van der Waals surface area contributed by atoms with Crippen LogP contribution in [-0.4, -0.2) is 42.2 Å². The third-order valence-electron chi connectivity index (χ3n) is 3.42. The van der Waals surface area contributed by atoms with E-state index in [1.807, 2.05) is 39.0 Å². The van der Waals surface area contributed by atoms with Crippen LogP contribution in [0.5, 0.6) is 5.75 Å². The van der Waals surface area contributed by atoms with Gasteiger partial charge in [-0.3, -0.25) is 4.79 Å². The number of hydrogen-bond acceptors (Lipinski definition) is 3. The first-order valence-electron chi connectivity index (χ1n) is 6.53. The van der Waals surface area contributed by atoms with Crippen LogP contribution < -0.4 is 4.74 Å². The predicted octanol–water partition coefficient (Wildman–Crippen LogP) is 2.25. The van der Waals surface area contributed by atoms with Crippen molar-refractivity contribution in [3.63, 3.8) is 0 Å². The van der Waals surface area contributed by atoms with E-state index in [1.165, 1.54) is 11.0 Å². The highest BCUT2D eigenvalue weighted by Gasteiger charge is 2.25. The molecular weight excluding hydrogens is 254 g/mol. The number of amides is 1. The van der Waals surface area contributed by atoms with Gasteiger partial charge in [-0.05, 0) is 39.0 Å². The van der Waals surface area contributed by atoms with E-state index in [9.17, 15) is 9.90 Å². The Morgan fingerprint density at radius 3 is 2.65 bits per heavy atom. The zero-order valence-corrected chi connectivity index (χ0v) is 12.8. The zero-order chi connectivity index (χ0) is 15.3. The summed E-state index contributed by atoms with van der Waals surface area (Å²) in [4.78, 5) is 13.6. The summed E-state index contributed by atoms with van der Waals surface area (Å²) in [5.74, 6) is 0.566. The van der Waals surface area contributed by atoms with Crippen LogP contribution in [0.15, 0.2) is 24.3 Å². The fourth-order valence-electron chi connectivity index (χ4n) is 1.66. The molecule has 0 heterocycles. The van der Waals surface area contributed by atoms with Crippen molar-refractivity contribution in [2.75, 3.05) is 20.8 Å². The van der Waals surface area contributed by atoms with Gasteiger partial charge in [0.05, 0.1) is 19.3 Å². The smallest absolute Gasteiger partial charge is 0.246 e. The Kier molecular flexibility index (Phi) is 5.34. The van der Waals surface area contributed by atoms with Gasteiger partial charge in [0, 0.05) is 18.7 Å². The molecule has 4 heteroatoms. The number of carbonyl (C=O) groups excluding carboxylic acids is 1. The molecule has 0 saturated heterocycles. The number of aliphatic hydroxyl groups excluding tert-OH is 1. The molecule has 1 rings (SSSR count). The maximum Gasteiger partial charge on any atom is 0.246 e. The van der Waals surface area contributed by atoms with Crippen LogP contribution in [0.3, 0.4) is 0 Å². The third kappa shape index (κ3) is 3.84. The van der Waals surface area contributed by atoms with E-state index < -0.39 is 5.54 Å². The van der Waals surface area contributed by atoms with Crippen LogP contribution in [0, 0.1) is 6.92 Å². The standard InChI is InChI=1S/C16H23NO3/c1-12-6-8-14(20-5)13(10-12)7-9-15(19)17(4)16(2,3)11-18/h6-10,18H,11H2,1-5H3/b9-7+. The predicted molar refractivity (Wildman–Crippen MR) is 80.7 cm³/mol. The molecule has 1 amide bonds. The fourth-order valence-corrected chi connectivity index (χ4v) is 1.66. The number of ether oxygens (including phenoxy) is 1. The molecule has 0 saturated carbocycles. The first-order chi connectivity index (χ1) is 9.31. The summed E-state index contributed by atoms with van der Waals surface area (Å²) in [6.07, 6.45) is 3.23. The van der Waals surface area contributed by atoms with Crippen molar-refractivity contribution in [2.24, 2.45) is 0 Å². The second kappa shape index (κ2) is 6.57. The van der Waals surface area contributed by atoms with Crippen molar-refractivity contribution in [2.45, 2.75) is 26.3 Å². The quantitative estimate of drug-likeness (QED) is 0.840. The van der Waals surface area contributed by atoms with Gasteiger partial charge in [0.1, 0.15) is 5.75 Å².